The molecule has 3 aliphatic rings. The molecule has 3 aromatic heterocycles. The van der Waals surface area contributed by atoms with Crippen LogP contribution >= 0.6 is 23.9 Å². The van der Waals surface area contributed by atoms with Gasteiger partial charge in [-0.3, -0.25) is 19.0 Å². The smallest absolute Gasteiger partial charge is 0.250 e. The van der Waals surface area contributed by atoms with E-state index < -0.39 is 11.1 Å². The van der Waals surface area contributed by atoms with Gasteiger partial charge < -0.3 is 9.71 Å². The summed E-state index contributed by atoms with van der Waals surface area (Å²) in [4.78, 5) is 37.6. The molecule has 0 saturated carbocycles. The monoisotopic (exact) mass is 563 g/mol. The fraction of sp³-hybridized carbons (Fsp3) is 0.0357. The number of thioether (sulfide) groups is 1. The number of aromatic nitrogens is 5. The number of allylic oxidation sites excluding steroid dienone is 2. The number of H-pyrrole nitrogens is 1. The van der Waals surface area contributed by atoms with E-state index in [-0.39, 0.29) is 11.4 Å². The molecule has 1 atom stereocenters. The summed E-state index contributed by atoms with van der Waals surface area (Å²) in [5.41, 5.74) is 4.83. The van der Waals surface area contributed by atoms with Crippen LogP contribution in [0.25, 0.3) is 33.5 Å². The summed E-state index contributed by atoms with van der Waals surface area (Å²) in [7, 11) is 0. The van der Waals surface area contributed by atoms with E-state index in [1.807, 2.05) is 53.1 Å². The predicted molar refractivity (Wildman–Crippen MR) is 152 cm³/mol. The summed E-state index contributed by atoms with van der Waals surface area (Å²) < 4.78 is 19.6. The van der Waals surface area contributed by atoms with Gasteiger partial charge in [-0.15, -0.1) is 0 Å². The highest BCUT2D eigenvalue weighted by Gasteiger charge is 2.41. The molecule has 8 rings (SSSR count). The standard InChI is InChI=1S/C28H16FN8OS2/c29-18-4-3-7-21-23(18)35-26(34-21)17-8-10-30-27-24(17)37(22-14-31-19-5-1-2-6-20(19)33-22)28(38)25(39-27)15-9-11-36-16(12-15)13-32-40-36/h1-7,9-14,25,32H,(H,34,35). The van der Waals surface area contributed by atoms with Gasteiger partial charge in [0.2, 0.25) is 0 Å². The van der Waals surface area contributed by atoms with Crippen LogP contribution in [0.1, 0.15) is 0 Å². The van der Waals surface area contributed by atoms with Crippen molar-refractivity contribution in [2.45, 2.75) is 10.3 Å². The molecule has 0 fully saturated rings. The molecule has 1 amide bonds. The van der Waals surface area contributed by atoms with E-state index in [2.05, 4.69) is 30.7 Å². The number of amides is 1. The highest BCUT2D eigenvalue weighted by molar-refractivity contribution is 8.01. The third kappa shape index (κ3) is 3.60. The van der Waals surface area contributed by atoms with Crippen LogP contribution in [-0.4, -0.2) is 40.4 Å². The number of benzene rings is 2. The summed E-state index contributed by atoms with van der Waals surface area (Å²) in [6.45, 7) is 0. The van der Waals surface area contributed by atoms with Gasteiger partial charge in [0.15, 0.2) is 11.6 Å². The lowest BCUT2D eigenvalue weighted by molar-refractivity contribution is -0.117. The van der Waals surface area contributed by atoms with Crippen molar-refractivity contribution in [1.82, 2.24) is 33.9 Å². The zero-order chi connectivity index (χ0) is 26.8. The highest BCUT2D eigenvalue weighted by Crippen LogP contribution is 2.48. The Morgan fingerprint density at radius 2 is 1.95 bits per heavy atom. The first kappa shape index (κ1) is 23.2. The van der Waals surface area contributed by atoms with Crippen molar-refractivity contribution in [2.75, 3.05) is 4.90 Å². The number of aromatic amines is 1. The van der Waals surface area contributed by atoms with E-state index in [9.17, 15) is 9.18 Å². The van der Waals surface area contributed by atoms with Crippen LogP contribution in [0.5, 0.6) is 0 Å². The molecule has 9 nitrogen and oxygen atoms in total. The van der Waals surface area contributed by atoms with Gasteiger partial charge in [-0.25, -0.2) is 19.3 Å². The Hall–Kier alpha value is -4.68. The third-order valence-electron chi connectivity index (χ3n) is 6.73. The first-order valence-corrected chi connectivity index (χ1v) is 13.9. The Morgan fingerprint density at radius 1 is 1.05 bits per heavy atom. The molecule has 3 aliphatic heterocycles. The maximum Gasteiger partial charge on any atom is 0.250 e. The molecule has 6 heterocycles. The van der Waals surface area contributed by atoms with Gasteiger partial charge in [0.05, 0.1) is 51.8 Å². The summed E-state index contributed by atoms with van der Waals surface area (Å²) in [6.07, 6.45) is 10.9. The fourth-order valence-electron chi connectivity index (χ4n) is 4.88. The molecule has 12 heteroatoms. The number of anilines is 2. The van der Waals surface area contributed by atoms with E-state index in [0.717, 1.165) is 11.3 Å². The summed E-state index contributed by atoms with van der Waals surface area (Å²) in [5, 5.41) is 0.000376. The average Bonchev–Trinajstić information content (AvgIpc) is 3.64. The number of hydrogen-bond donors (Lipinski definition) is 2. The largest absolute Gasteiger partial charge is 0.338 e. The number of nitrogens with one attached hydrogen (secondary N) is 2. The zero-order valence-electron chi connectivity index (χ0n) is 20.4. The van der Waals surface area contributed by atoms with Crippen LogP contribution in [0.4, 0.5) is 15.9 Å². The first-order chi connectivity index (χ1) is 19.6. The van der Waals surface area contributed by atoms with Gasteiger partial charge in [0.1, 0.15) is 21.6 Å². The fourth-order valence-corrected chi connectivity index (χ4v) is 6.63. The lowest BCUT2D eigenvalue weighted by atomic mass is 10.1. The van der Waals surface area contributed by atoms with Crippen LogP contribution in [-0.2, 0) is 4.79 Å². The predicted octanol–water partition coefficient (Wildman–Crippen LogP) is 5.41. The van der Waals surface area contributed by atoms with Crippen molar-refractivity contribution >= 4 is 63.4 Å². The molecule has 40 heavy (non-hydrogen) atoms. The number of nitrogens with zero attached hydrogens (tertiary/aromatic N) is 6. The molecule has 0 bridgehead atoms. The Labute approximate surface area is 235 Å². The van der Waals surface area contributed by atoms with E-state index in [4.69, 9.17) is 4.98 Å². The van der Waals surface area contributed by atoms with Crippen molar-refractivity contribution < 1.29 is 9.18 Å². The molecule has 5 aromatic rings. The van der Waals surface area contributed by atoms with E-state index in [0.29, 0.717) is 44.5 Å². The number of rotatable bonds is 3. The zero-order valence-corrected chi connectivity index (χ0v) is 22.0. The van der Waals surface area contributed by atoms with Crippen molar-refractivity contribution in [1.29, 1.82) is 0 Å². The second-order valence-corrected chi connectivity index (χ2v) is 11.0. The molecule has 2 aromatic carbocycles. The second-order valence-electron chi connectivity index (χ2n) is 9.11. The van der Waals surface area contributed by atoms with Gasteiger partial charge in [0, 0.05) is 24.7 Å². The first-order valence-electron chi connectivity index (χ1n) is 12.2. The van der Waals surface area contributed by atoms with E-state index >= 15 is 0 Å². The minimum atomic E-state index is -0.596. The summed E-state index contributed by atoms with van der Waals surface area (Å²) in [5.74, 6) is 0.0655. The molecule has 193 valence electrons. The van der Waals surface area contributed by atoms with Gasteiger partial charge >= 0.3 is 0 Å². The van der Waals surface area contributed by atoms with Crippen molar-refractivity contribution in [3.05, 3.63) is 103 Å². The number of pyridine rings is 1. The normalized spacial score (nSPS) is 18.0. The number of carbonyl (C=O) groups is 1. The average molecular weight is 564 g/mol. The van der Waals surface area contributed by atoms with Gasteiger partial charge in [-0.1, -0.05) is 30.0 Å². The van der Waals surface area contributed by atoms with E-state index in [1.54, 1.807) is 24.5 Å². The molecule has 1 radical (unpaired) electrons. The summed E-state index contributed by atoms with van der Waals surface area (Å²) >= 11 is 2.80. The lowest BCUT2D eigenvalue weighted by Crippen LogP contribution is -2.40. The number of fused-ring (bicyclic) bond motifs is 4. The minimum absolute atomic E-state index is 0.208. The molecule has 2 N–H and O–H groups in total. The number of para-hydroxylation sites is 3. The molecule has 0 saturated heterocycles. The molecular formula is C28H16FN8OS2. The van der Waals surface area contributed by atoms with Crippen molar-refractivity contribution in [3.8, 4) is 11.4 Å². The van der Waals surface area contributed by atoms with Crippen LogP contribution < -0.4 is 9.62 Å². The Kier molecular flexibility index (Phi) is 5.19. The molecule has 0 aliphatic carbocycles. The Morgan fingerprint density at radius 3 is 2.85 bits per heavy atom. The lowest BCUT2D eigenvalue weighted by Gasteiger charge is -2.34. The maximum atomic E-state index is 14.5. The second kappa shape index (κ2) is 8.93. The van der Waals surface area contributed by atoms with Crippen molar-refractivity contribution in [3.63, 3.8) is 0 Å². The number of imidazole rings is 1. The molecule has 1 unspecified atom stereocenters. The van der Waals surface area contributed by atoms with Crippen molar-refractivity contribution in [2.24, 2.45) is 0 Å². The minimum Gasteiger partial charge on any atom is -0.338 e. The van der Waals surface area contributed by atoms with Crippen LogP contribution in [0, 0.1) is 11.9 Å². The topological polar surface area (TPSA) is 103 Å². The van der Waals surface area contributed by atoms with Gasteiger partial charge in [-0.2, -0.15) is 0 Å². The third-order valence-corrected chi connectivity index (χ3v) is 8.71. The number of carbonyl (C=O) groups excluding carboxylic acids is 1. The molecular weight excluding hydrogens is 547 g/mol. The number of halogens is 1. The van der Waals surface area contributed by atoms with Gasteiger partial charge in [0.25, 0.3) is 5.91 Å². The van der Waals surface area contributed by atoms with Crippen LogP contribution in [0.2, 0.25) is 0 Å². The quantitative estimate of drug-likeness (QED) is 0.279. The van der Waals surface area contributed by atoms with Crippen LogP contribution in [0.3, 0.4) is 0 Å². The SMILES string of the molecule is O=C1C(C2=CC3=CNSN3C=C2)Sc2nc[c]c(-c3nc4c(F)cccc4[nH]3)c2N1c1cnc2ccccc2n1. The molecule has 0 spiro atoms. The number of hydrogen-bond acceptors (Lipinski definition) is 9. The maximum absolute atomic E-state index is 14.5. The summed E-state index contributed by atoms with van der Waals surface area (Å²) in [6, 6.07) is 15.3. The van der Waals surface area contributed by atoms with Gasteiger partial charge in [-0.05, 0) is 42.0 Å². The Balaban J connectivity index is 1.33. The Bertz CT molecular complexity index is 1970. The van der Waals surface area contributed by atoms with E-state index in [1.165, 1.54) is 34.9 Å². The highest BCUT2D eigenvalue weighted by atomic mass is 32.2. The van der Waals surface area contributed by atoms with Crippen LogP contribution in [0.15, 0.2) is 95.7 Å².